The molecular weight excluding hydrogens is 1020 g/mol. The average molecular weight is 1080 g/mol. The number of fused-ring (bicyclic) bond motifs is 5. The van der Waals surface area contributed by atoms with Crippen molar-refractivity contribution in [2.24, 2.45) is 5.41 Å². The van der Waals surface area contributed by atoms with Crippen LogP contribution < -0.4 is 0 Å². The van der Waals surface area contributed by atoms with Crippen LogP contribution >= 0.6 is 0 Å². The van der Waals surface area contributed by atoms with Gasteiger partial charge in [-0.05, 0) is 121 Å². The normalized spacial score (nSPS) is 14.1. The van der Waals surface area contributed by atoms with E-state index in [-0.39, 0.29) is 36.8 Å². The van der Waals surface area contributed by atoms with Crippen molar-refractivity contribution in [3.8, 4) is 33.8 Å². The summed E-state index contributed by atoms with van der Waals surface area (Å²) in [5.74, 6) is 0. The Kier molecular flexibility index (Phi) is 11.4. The van der Waals surface area contributed by atoms with E-state index in [2.05, 4.69) is 76.2 Å². The summed E-state index contributed by atoms with van der Waals surface area (Å²) in [5.41, 5.74) is 7.44. The molecule has 69 heavy (non-hydrogen) atoms. The predicted octanol–water partition coefficient (Wildman–Crippen LogP) is 15.7. The molecule has 0 aliphatic rings. The van der Waals surface area contributed by atoms with Gasteiger partial charge in [0.05, 0.1) is 5.58 Å². The molecule has 4 nitrogen and oxygen atoms in total. The Labute approximate surface area is 430 Å². The number of hydrogen-bond donors (Lipinski definition) is 0. The Morgan fingerprint density at radius 2 is 1.10 bits per heavy atom. The van der Waals surface area contributed by atoms with Crippen molar-refractivity contribution in [3.63, 3.8) is 0 Å². The molecule has 0 atom stereocenters. The van der Waals surface area contributed by atoms with E-state index >= 15 is 0 Å². The van der Waals surface area contributed by atoms with Crippen molar-refractivity contribution in [2.45, 2.75) is 91.3 Å². The van der Waals surface area contributed by atoms with Crippen LogP contribution in [-0.2, 0) is 62.9 Å². The van der Waals surface area contributed by atoms with Crippen LogP contribution in [0, 0.1) is 23.6 Å². The minimum atomic E-state index is -2.79. The first kappa shape index (κ1) is 40.4. The molecule has 4 heterocycles. The molecule has 0 amide bonds. The topological polar surface area (TPSA) is 51.8 Å². The van der Waals surface area contributed by atoms with Crippen molar-refractivity contribution < 1.29 is 32.7 Å². The molecule has 0 radical (unpaired) electrons. The molecule has 0 fully saturated rings. The van der Waals surface area contributed by atoms with Gasteiger partial charge in [-0.3, -0.25) is 0 Å². The van der Waals surface area contributed by atoms with Gasteiger partial charge in [-0.25, -0.2) is 0 Å². The van der Waals surface area contributed by atoms with Crippen LogP contribution in [0.3, 0.4) is 0 Å². The number of aryl methyl sites for hydroxylation is 2. The van der Waals surface area contributed by atoms with Crippen LogP contribution in [-0.4, -0.2) is 15.0 Å². The molecule has 344 valence electrons. The Morgan fingerprint density at radius 3 is 1.68 bits per heavy atom. The van der Waals surface area contributed by atoms with Gasteiger partial charge in [0.25, 0.3) is 0 Å². The summed E-state index contributed by atoms with van der Waals surface area (Å²) in [6.07, 6.45) is -1.52. The molecule has 0 aliphatic carbocycles. The van der Waals surface area contributed by atoms with E-state index in [0.717, 1.165) is 71.9 Å². The van der Waals surface area contributed by atoms with Crippen LogP contribution in [0.1, 0.15) is 95.6 Å². The van der Waals surface area contributed by atoms with Crippen molar-refractivity contribution in [2.75, 3.05) is 0 Å². The first-order valence-electron chi connectivity index (χ1n) is 26.3. The summed E-state index contributed by atoms with van der Waals surface area (Å²) in [6, 6.07) is 56.5. The number of furan rings is 1. The van der Waals surface area contributed by atoms with E-state index in [1.807, 2.05) is 103 Å². The van der Waals surface area contributed by atoms with E-state index in [4.69, 9.17) is 19.4 Å². The fourth-order valence-corrected chi connectivity index (χ4v) is 9.26. The maximum atomic E-state index is 9.99. The van der Waals surface area contributed by atoms with Gasteiger partial charge < -0.3 is 19.4 Å². The molecule has 0 saturated heterocycles. The monoisotopic (exact) mass is 1080 g/mol. The Hall–Kier alpha value is -6.52. The molecule has 4 aromatic heterocycles. The van der Waals surface area contributed by atoms with Crippen molar-refractivity contribution in [1.82, 2.24) is 15.0 Å². The van der Waals surface area contributed by atoms with Gasteiger partial charge in [-0.15, -0.1) is 95.6 Å². The van der Waals surface area contributed by atoms with Crippen molar-refractivity contribution in [3.05, 3.63) is 221 Å². The Morgan fingerprint density at radius 1 is 0.507 bits per heavy atom. The molecular formula is C64H58IrN3O. The van der Waals surface area contributed by atoms with Crippen LogP contribution in [0.25, 0.3) is 66.5 Å². The number of benzene rings is 6. The van der Waals surface area contributed by atoms with Gasteiger partial charge in [0.15, 0.2) is 0 Å². The van der Waals surface area contributed by atoms with E-state index in [1.165, 1.54) is 6.20 Å². The zero-order chi connectivity index (χ0) is 52.4. The maximum absolute atomic E-state index is 9.99. The first-order chi connectivity index (χ1) is 35.0. The minimum Gasteiger partial charge on any atom is -0.500 e. The minimum absolute atomic E-state index is 0. The van der Waals surface area contributed by atoms with Gasteiger partial charge in [-0.2, -0.15) is 0 Å². The van der Waals surface area contributed by atoms with Crippen molar-refractivity contribution in [1.29, 1.82) is 0 Å². The molecule has 6 aromatic carbocycles. The van der Waals surface area contributed by atoms with Crippen molar-refractivity contribution >= 4 is 32.7 Å². The molecule has 5 heteroatoms. The molecule has 0 aliphatic heterocycles. The summed E-state index contributed by atoms with van der Waals surface area (Å²) in [5, 5.41) is 3.90. The summed E-state index contributed by atoms with van der Waals surface area (Å²) < 4.78 is 65.5. The maximum Gasteiger partial charge on any atom is 3.00 e. The Balaban J connectivity index is 0.00000689. The third-order valence-corrected chi connectivity index (χ3v) is 12.7. The molecule has 10 aromatic rings. The largest absolute Gasteiger partial charge is 3.00 e. The van der Waals surface area contributed by atoms with Gasteiger partial charge >= 0.3 is 20.1 Å². The number of rotatable bonds is 13. The Bertz CT molecular complexity index is 3570. The SMILES string of the molecule is [2H]C([2H])(c1cc(-c2[c-]cc3oc4ccc5ccccc5c4c3c2)ncc1C([2H])([2H])C([2H])([2H])c1cc(CC(C)(C)c2ccc(-c3[c-]cccc3)nc2)cc(CC(C)(C)c2ccc(-c3[c-]cccc3)nc2)c1)C(C)(C)C.[Ir+3]. The number of nitrogens with zero attached hydrogens (tertiary/aromatic N) is 3. The average Bonchev–Trinajstić information content (AvgIpc) is 3.78. The molecule has 0 bridgehead atoms. The summed E-state index contributed by atoms with van der Waals surface area (Å²) in [6.45, 7) is 13.9. The number of aromatic nitrogens is 3. The van der Waals surface area contributed by atoms with E-state index in [1.54, 1.807) is 45.0 Å². The third kappa shape index (κ3) is 10.6. The standard InChI is InChI=1S/C64H58N3O.Ir/c1-62(2,3)39-51-36-58(49-25-30-59-55(35-49)61-54-21-15-14-16-46(54)24-31-60(61)68-59)65-40-50(51)23-22-43-32-44(37-63(4,5)52-26-28-56(66-41-52)47-17-10-8-11-18-47)34-45(33-43)38-64(6,7)53-27-29-57(67-42-53)48-19-12-9-13-20-48;/h8-17,19,21,24,26-36,40-42H,22-23,37-39H2,1-7H3;/q-3;+3/i22D2,23D2,39D2;. The fourth-order valence-electron chi connectivity index (χ4n) is 9.26. The van der Waals surface area contributed by atoms with E-state index < -0.39 is 35.4 Å². The van der Waals surface area contributed by atoms with Crippen LogP contribution in [0.2, 0.25) is 0 Å². The molecule has 10 rings (SSSR count). The molecule has 0 spiro atoms. The second kappa shape index (κ2) is 19.5. The molecule has 0 saturated carbocycles. The van der Waals surface area contributed by atoms with Gasteiger partial charge in [0, 0.05) is 32.2 Å². The zero-order valence-corrected chi connectivity index (χ0v) is 42.5. The second-order valence-corrected chi connectivity index (χ2v) is 20.2. The quantitative estimate of drug-likeness (QED) is 0.108. The second-order valence-electron chi connectivity index (χ2n) is 20.2. The fraction of sp³-hybridized carbons (Fsp3) is 0.234. The summed E-state index contributed by atoms with van der Waals surface area (Å²) in [7, 11) is 0. The predicted molar refractivity (Wildman–Crippen MR) is 281 cm³/mol. The van der Waals surface area contributed by atoms with Crippen LogP contribution in [0.15, 0.2) is 169 Å². The molecule has 0 unspecified atom stereocenters. The summed E-state index contributed by atoms with van der Waals surface area (Å²) in [4.78, 5) is 14.4. The van der Waals surface area contributed by atoms with E-state index in [9.17, 15) is 8.22 Å². The zero-order valence-electron chi connectivity index (χ0n) is 46.1. The third-order valence-electron chi connectivity index (χ3n) is 12.7. The van der Waals surface area contributed by atoms with Crippen LogP contribution in [0.4, 0.5) is 0 Å². The smallest absolute Gasteiger partial charge is 0.500 e. The number of hydrogen-bond acceptors (Lipinski definition) is 4. The van der Waals surface area contributed by atoms with Gasteiger partial charge in [0.1, 0.15) is 5.58 Å². The van der Waals surface area contributed by atoms with Gasteiger partial charge in [0.2, 0.25) is 0 Å². The first-order valence-corrected chi connectivity index (χ1v) is 23.3. The molecule has 0 N–H and O–H groups in total. The number of pyridine rings is 3. The summed E-state index contributed by atoms with van der Waals surface area (Å²) >= 11 is 0. The van der Waals surface area contributed by atoms with Gasteiger partial charge in [-0.1, -0.05) is 133 Å². The van der Waals surface area contributed by atoms with Crippen LogP contribution in [0.5, 0.6) is 0 Å². The van der Waals surface area contributed by atoms with E-state index in [0.29, 0.717) is 29.7 Å².